The molecule has 10 atom stereocenters. The zero-order valence-electron chi connectivity index (χ0n) is 17.9. The van der Waals surface area contributed by atoms with Gasteiger partial charge in [-0.05, 0) is 104 Å². The van der Waals surface area contributed by atoms with Crippen LogP contribution in [0.3, 0.4) is 0 Å². The van der Waals surface area contributed by atoms with Gasteiger partial charge in [0, 0.05) is 6.42 Å². The van der Waals surface area contributed by atoms with E-state index in [2.05, 4.69) is 20.8 Å². The van der Waals surface area contributed by atoms with Crippen LogP contribution in [0.5, 0.6) is 0 Å². The van der Waals surface area contributed by atoms with E-state index in [1.54, 1.807) is 0 Å². The summed E-state index contributed by atoms with van der Waals surface area (Å²) in [5.74, 6) is 2.55. The third-order valence-electron chi connectivity index (χ3n) is 10.3. The maximum absolute atomic E-state index is 11.5. The molecule has 0 aromatic rings. The Kier molecular flexibility index (Phi) is 5.36. The molecule has 0 aromatic carbocycles. The van der Waals surface area contributed by atoms with Crippen LogP contribution in [-0.2, 0) is 4.79 Å². The summed E-state index contributed by atoms with van der Waals surface area (Å²) in [5.41, 5.74) is 0.216. The van der Waals surface area contributed by atoms with Gasteiger partial charge in [-0.3, -0.25) is 4.79 Å². The van der Waals surface area contributed by atoms with Crippen molar-refractivity contribution in [2.24, 2.45) is 46.3 Å². The summed E-state index contributed by atoms with van der Waals surface area (Å²) in [4.78, 5) is 11.1. The summed E-state index contributed by atoms with van der Waals surface area (Å²) in [5, 5.41) is 30.8. The van der Waals surface area contributed by atoms with Crippen molar-refractivity contribution >= 4 is 5.97 Å². The second kappa shape index (κ2) is 7.27. The van der Waals surface area contributed by atoms with Crippen molar-refractivity contribution in [2.75, 3.05) is 0 Å². The average molecular weight is 393 g/mol. The molecule has 0 amide bonds. The highest BCUT2D eigenvalue weighted by Crippen LogP contribution is 2.68. The second-order valence-electron chi connectivity index (χ2n) is 11.3. The van der Waals surface area contributed by atoms with Crippen molar-refractivity contribution in [3.63, 3.8) is 0 Å². The lowest BCUT2D eigenvalue weighted by atomic mass is 9.43. The molecule has 160 valence electrons. The van der Waals surface area contributed by atoms with Crippen LogP contribution in [0.1, 0.15) is 85.0 Å². The molecule has 4 saturated carbocycles. The van der Waals surface area contributed by atoms with E-state index in [4.69, 9.17) is 5.11 Å². The Hall–Kier alpha value is -0.610. The van der Waals surface area contributed by atoms with E-state index in [0.29, 0.717) is 35.5 Å². The monoisotopic (exact) mass is 392 g/mol. The average Bonchev–Trinajstić information content (AvgIpc) is 3.00. The van der Waals surface area contributed by atoms with Gasteiger partial charge in [0.25, 0.3) is 0 Å². The maximum atomic E-state index is 11.5. The lowest BCUT2D eigenvalue weighted by Crippen LogP contribution is -2.58. The van der Waals surface area contributed by atoms with E-state index < -0.39 is 5.97 Å². The van der Waals surface area contributed by atoms with Gasteiger partial charge < -0.3 is 15.3 Å². The zero-order valence-corrected chi connectivity index (χ0v) is 17.9. The SMILES string of the molecule is C[C@@H](CCC(=O)O)[C@H]1CC[C@H]2[C@@H]3CCC4C[C@H](O)CC[C@]4(C)[C@H]3C[C@H](O)[C@]12C. The minimum atomic E-state index is -0.707. The zero-order chi connectivity index (χ0) is 20.3. The molecule has 4 rings (SSSR count). The van der Waals surface area contributed by atoms with Gasteiger partial charge in [-0.15, -0.1) is 0 Å². The third-order valence-corrected chi connectivity index (χ3v) is 10.3. The summed E-state index contributed by atoms with van der Waals surface area (Å²) < 4.78 is 0. The Morgan fingerprint density at radius 2 is 1.79 bits per heavy atom. The molecule has 1 unspecified atom stereocenters. The van der Waals surface area contributed by atoms with Crippen LogP contribution in [0.15, 0.2) is 0 Å². The van der Waals surface area contributed by atoms with Crippen molar-refractivity contribution in [3.05, 3.63) is 0 Å². The number of hydrogen-bond acceptors (Lipinski definition) is 3. The van der Waals surface area contributed by atoms with Crippen LogP contribution in [-0.4, -0.2) is 33.5 Å². The second-order valence-corrected chi connectivity index (χ2v) is 11.3. The number of aliphatic hydroxyl groups excluding tert-OH is 2. The van der Waals surface area contributed by atoms with Crippen molar-refractivity contribution in [3.8, 4) is 0 Å². The quantitative estimate of drug-likeness (QED) is 0.659. The van der Waals surface area contributed by atoms with Gasteiger partial charge in [-0.2, -0.15) is 0 Å². The molecule has 0 heterocycles. The first kappa shape index (κ1) is 20.7. The normalized spacial score (nSPS) is 51.7. The number of carbonyl (C=O) groups is 1. The lowest BCUT2D eigenvalue weighted by molar-refractivity contribution is -0.175. The van der Waals surface area contributed by atoms with Gasteiger partial charge in [-0.25, -0.2) is 0 Å². The molecule has 4 heteroatoms. The number of rotatable bonds is 4. The Labute approximate surface area is 170 Å². The van der Waals surface area contributed by atoms with E-state index in [-0.39, 0.29) is 29.5 Å². The molecular formula is C24H40O4. The molecule has 3 N–H and O–H groups in total. The molecule has 0 saturated heterocycles. The third kappa shape index (κ3) is 3.05. The molecule has 4 aliphatic carbocycles. The Balaban J connectivity index is 1.56. The minimum Gasteiger partial charge on any atom is -0.481 e. The molecule has 4 nitrogen and oxygen atoms in total. The highest BCUT2D eigenvalue weighted by Gasteiger charge is 2.63. The fourth-order valence-electron chi connectivity index (χ4n) is 8.71. The predicted octanol–water partition coefficient (Wildman–Crippen LogP) is 4.48. The van der Waals surface area contributed by atoms with Crippen LogP contribution in [0.25, 0.3) is 0 Å². The van der Waals surface area contributed by atoms with Crippen LogP contribution >= 0.6 is 0 Å². The van der Waals surface area contributed by atoms with Crippen LogP contribution in [0.4, 0.5) is 0 Å². The van der Waals surface area contributed by atoms with Gasteiger partial charge in [0.2, 0.25) is 0 Å². The molecule has 0 aromatic heterocycles. The number of aliphatic hydroxyl groups is 2. The van der Waals surface area contributed by atoms with Crippen LogP contribution in [0.2, 0.25) is 0 Å². The Bertz CT molecular complexity index is 605. The number of carboxylic acids is 1. The first-order valence-electron chi connectivity index (χ1n) is 11.8. The molecule has 28 heavy (non-hydrogen) atoms. The molecule has 4 fully saturated rings. The Morgan fingerprint density at radius 1 is 1.04 bits per heavy atom. The van der Waals surface area contributed by atoms with E-state index in [0.717, 1.165) is 38.5 Å². The van der Waals surface area contributed by atoms with Crippen molar-refractivity contribution in [1.82, 2.24) is 0 Å². The van der Waals surface area contributed by atoms with Gasteiger partial charge in [0.15, 0.2) is 0 Å². The van der Waals surface area contributed by atoms with Gasteiger partial charge in [-0.1, -0.05) is 20.8 Å². The topological polar surface area (TPSA) is 77.8 Å². The fraction of sp³-hybridized carbons (Fsp3) is 0.958. The van der Waals surface area contributed by atoms with E-state index in [1.165, 1.54) is 19.3 Å². The molecule has 4 aliphatic rings. The first-order valence-corrected chi connectivity index (χ1v) is 11.8. The minimum absolute atomic E-state index is 0.0591. The smallest absolute Gasteiger partial charge is 0.303 e. The fourth-order valence-corrected chi connectivity index (χ4v) is 8.71. The Morgan fingerprint density at radius 3 is 2.50 bits per heavy atom. The largest absolute Gasteiger partial charge is 0.481 e. The highest BCUT2D eigenvalue weighted by atomic mass is 16.4. The number of fused-ring (bicyclic) bond motifs is 5. The van der Waals surface area contributed by atoms with Crippen LogP contribution in [0, 0.1) is 46.3 Å². The van der Waals surface area contributed by atoms with Gasteiger partial charge in [0.05, 0.1) is 12.2 Å². The summed E-state index contributed by atoms with van der Waals surface area (Å²) >= 11 is 0. The lowest BCUT2D eigenvalue weighted by Gasteiger charge is -2.62. The number of hydrogen-bond donors (Lipinski definition) is 3. The molecule has 0 radical (unpaired) electrons. The van der Waals surface area contributed by atoms with E-state index in [1.807, 2.05) is 0 Å². The standard InChI is InChI=1S/C24H40O4/c1-14(4-9-22(27)28)18-7-8-19-17-6-5-15-12-16(25)10-11-23(15,2)20(17)13-21(26)24(18,19)3/h14-21,25-26H,4-13H2,1-3H3,(H,27,28)/t14-,15?,16+,17-,18+,19-,20-,21-,23-,24+/m0/s1. The first-order chi connectivity index (χ1) is 13.2. The summed E-state index contributed by atoms with van der Waals surface area (Å²) in [6.45, 7) is 6.99. The van der Waals surface area contributed by atoms with E-state index in [9.17, 15) is 15.0 Å². The number of aliphatic carboxylic acids is 1. The maximum Gasteiger partial charge on any atom is 0.303 e. The summed E-state index contributed by atoms with van der Waals surface area (Å²) in [7, 11) is 0. The van der Waals surface area contributed by atoms with Crippen LogP contribution < -0.4 is 0 Å². The molecule has 0 aliphatic heterocycles. The number of carboxylic acid groups (broad SMARTS) is 1. The molecule has 0 spiro atoms. The highest BCUT2D eigenvalue weighted by molar-refractivity contribution is 5.66. The summed E-state index contributed by atoms with van der Waals surface area (Å²) in [6, 6.07) is 0. The van der Waals surface area contributed by atoms with Gasteiger partial charge in [0.1, 0.15) is 0 Å². The summed E-state index contributed by atoms with van der Waals surface area (Å²) in [6.07, 6.45) is 9.26. The predicted molar refractivity (Wildman–Crippen MR) is 109 cm³/mol. The molecular weight excluding hydrogens is 352 g/mol. The van der Waals surface area contributed by atoms with Crippen molar-refractivity contribution in [2.45, 2.75) is 97.2 Å². The van der Waals surface area contributed by atoms with Crippen molar-refractivity contribution in [1.29, 1.82) is 0 Å². The van der Waals surface area contributed by atoms with E-state index >= 15 is 0 Å². The van der Waals surface area contributed by atoms with Crippen molar-refractivity contribution < 1.29 is 20.1 Å². The van der Waals surface area contributed by atoms with Gasteiger partial charge >= 0.3 is 5.97 Å². The molecule has 0 bridgehead atoms.